The predicted molar refractivity (Wildman–Crippen MR) is 63.2 cm³/mol. The Kier molecular flexibility index (Phi) is 2.03. The van der Waals surface area contributed by atoms with Gasteiger partial charge in [0.25, 0.3) is 0 Å². The van der Waals surface area contributed by atoms with Crippen LogP contribution >= 0.6 is 11.3 Å². The van der Waals surface area contributed by atoms with Gasteiger partial charge in [0.15, 0.2) is 0 Å². The summed E-state index contributed by atoms with van der Waals surface area (Å²) in [7, 11) is 0. The van der Waals surface area contributed by atoms with E-state index < -0.39 is 0 Å². The minimum Gasteiger partial charge on any atom is -0.342 e. The van der Waals surface area contributed by atoms with Crippen molar-refractivity contribution in [3.63, 3.8) is 0 Å². The maximum Gasteiger partial charge on any atom is 0.0569 e. The van der Waals surface area contributed by atoms with Gasteiger partial charge in [-0.3, -0.25) is 4.98 Å². The molecule has 0 unspecified atom stereocenters. The van der Waals surface area contributed by atoms with E-state index >= 15 is 0 Å². The van der Waals surface area contributed by atoms with Crippen molar-refractivity contribution in [2.24, 2.45) is 0 Å². The highest BCUT2D eigenvalue weighted by Gasteiger charge is 2.01. The normalized spacial score (nSPS) is 10.9. The molecule has 0 N–H and O–H groups in total. The molecule has 0 atom stereocenters. The lowest BCUT2D eigenvalue weighted by molar-refractivity contribution is 0.851. The Morgan fingerprint density at radius 1 is 1.27 bits per heavy atom. The summed E-state index contributed by atoms with van der Waals surface area (Å²) in [6.07, 6.45) is 5.86. The molecule has 2 nitrogen and oxygen atoms in total. The summed E-state index contributed by atoms with van der Waals surface area (Å²) < 4.78 is 2.25. The van der Waals surface area contributed by atoms with Gasteiger partial charge in [0.2, 0.25) is 0 Å². The number of rotatable bonds is 2. The average Bonchev–Trinajstić information content (AvgIpc) is 2.89. The summed E-state index contributed by atoms with van der Waals surface area (Å²) in [6.45, 7) is 0.950. The SMILES string of the molecule is c1csc(Cn2ccc3cnccc32)c1. The largest absolute Gasteiger partial charge is 0.342 e. The number of aromatic nitrogens is 2. The predicted octanol–water partition coefficient (Wildman–Crippen LogP) is 3.15. The molecule has 0 amide bonds. The topological polar surface area (TPSA) is 17.8 Å². The third-order valence-electron chi connectivity index (χ3n) is 2.48. The van der Waals surface area contributed by atoms with Gasteiger partial charge in [-0.1, -0.05) is 6.07 Å². The molecule has 0 saturated heterocycles. The smallest absolute Gasteiger partial charge is 0.0569 e. The van der Waals surface area contributed by atoms with E-state index in [0.717, 1.165) is 6.54 Å². The highest BCUT2D eigenvalue weighted by Crippen LogP contribution is 2.17. The molecule has 0 aromatic carbocycles. The molecular weight excluding hydrogens is 204 g/mol. The zero-order chi connectivity index (χ0) is 10.1. The first-order chi connectivity index (χ1) is 7.43. The van der Waals surface area contributed by atoms with Crippen molar-refractivity contribution in [1.82, 2.24) is 9.55 Å². The summed E-state index contributed by atoms with van der Waals surface area (Å²) in [5, 5.41) is 3.32. The molecule has 3 rings (SSSR count). The fourth-order valence-electron chi connectivity index (χ4n) is 1.75. The minimum absolute atomic E-state index is 0.950. The second-order valence-electron chi connectivity index (χ2n) is 3.46. The van der Waals surface area contributed by atoms with E-state index in [1.807, 2.05) is 12.4 Å². The summed E-state index contributed by atoms with van der Waals surface area (Å²) in [6, 6.07) is 8.42. The Hall–Kier alpha value is -1.61. The number of thiophene rings is 1. The fraction of sp³-hybridized carbons (Fsp3) is 0.0833. The average molecular weight is 214 g/mol. The van der Waals surface area contributed by atoms with Crippen molar-refractivity contribution >= 4 is 22.2 Å². The molecule has 3 aromatic heterocycles. The number of nitrogens with zero attached hydrogens (tertiary/aromatic N) is 2. The van der Waals surface area contributed by atoms with Crippen molar-refractivity contribution < 1.29 is 0 Å². The van der Waals surface area contributed by atoms with Crippen molar-refractivity contribution in [3.8, 4) is 0 Å². The fourth-order valence-corrected chi connectivity index (χ4v) is 2.45. The summed E-state index contributed by atoms with van der Waals surface area (Å²) >= 11 is 1.79. The maximum absolute atomic E-state index is 4.11. The van der Waals surface area contributed by atoms with Crippen LogP contribution in [0.1, 0.15) is 4.88 Å². The molecule has 0 bridgehead atoms. The first-order valence-corrected chi connectivity index (χ1v) is 5.73. The Balaban J connectivity index is 2.05. The van der Waals surface area contributed by atoms with Crippen LogP contribution in [-0.2, 0) is 6.54 Å². The van der Waals surface area contributed by atoms with E-state index in [0.29, 0.717) is 0 Å². The zero-order valence-electron chi connectivity index (χ0n) is 8.13. The van der Waals surface area contributed by atoms with Gasteiger partial charge in [-0.15, -0.1) is 11.3 Å². The van der Waals surface area contributed by atoms with Gasteiger partial charge in [-0.2, -0.15) is 0 Å². The summed E-state index contributed by atoms with van der Waals surface area (Å²) in [5.41, 5.74) is 1.25. The third kappa shape index (κ3) is 1.55. The molecule has 3 heterocycles. The van der Waals surface area contributed by atoms with E-state index in [9.17, 15) is 0 Å². The van der Waals surface area contributed by atoms with Gasteiger partial charge in [-0.05, 0) is 23.6 Å². The Labute approximate surface area is 91.8 Å². The molecule has 0 aliphatic heterocycles. The highest BCUT2D eigenvalue weighted by molar-refractivity contribution is 7.09. The molecule has 0 spiro atoms. The molecule has 0 aliphatic rings. The van der Waals surface area contributed by atoms with E-state index in [1.54, 1.807) is 11.3 Å². The van der Waals surface area contributed by atoms with Crippen molar-refractivity contribution in [3.05, 3.63) is 53.1 Å². The van der Waals surface area contributed by atoms with E-state index in [-0.39, 0.29) is 0 Å². The van der Waals surface area contributed by atoms with Crippen molar-refractivity contribution in [1.29, 1.82) is 0 Å². The van der Waals surface area contributed by atoms with E-state index in [1.165, 1.54) is 15.8 Å². The van der Waals surface area contributed by atoms with Crippen LogP contribution in [0.2, 0.25) is 0 Å². The van der Waals surface area contributed by atoms with Gasteiger partial charge < -0.3 is 4.57 Å². The Morgan fingerprint density at radius 3 is 3.13 bits per heavy atom. The van der Waals surface area contributed by atoms with Crippen LogP contribution in [0.4, 0.5) is 0 Å². The van der Waals surface area contributed by atoms with E-state index in [4.69, 9.17) is 0 Å². The van der Waals surface area contributed by atoms with Crippen molar-refractivity contribution in [2.75, 3.05) is 0 Å². The van der Waals surface area contributed by atoms with E-state index in [2.05, 4.69) is 45.4 Å². The molecule has 3 heteroatoms. The van der Waals surface area contributed by atoms with Crippen LogP contribution in [0.25, 0.3) is 10.9 Å². The maximum atomic E-state index is 4.11. The summed E-state index contributed by atoms with van der Waals surface area (Å²) in [5.74, 6) is 0. The lowest BCUT2D eigenvalue weighted by Crippen LogP contribution is -1.94. The van der Waals surface area contributed by atoms with Crippen LogP contribution in [0.3, 0.4) is 0 Å². The third-order valence-corrected chi connectivity index (χ3v) is 3.34. The molecule has 0 fully saturated rings. The molecule has 3 aromatic rings. The zero-order valence-corrected chi connectivity index (χ0v) is 8.95. The first kappa shape index (κ1) is 8.68. The van der Waals surface area contributed by atoms with Crippen LogP contribution in [0.15, 0.2) is 48.2 Å². The van der Waals surface area contributed by atoms with Crippen molar-refractivity contribution in [2.45, 2.75) is 6.54 Å². The van der Waals surface area contributed by atoms with Crippen LogP contribution < -0.4 is 0 Å². The molecule has 0 aliphatic carbocycles. The number of pyridine rings is 1. The number of hydrogen-bond donors (Lipinski definition) is 0. The Morgan fingerprint density at radius 2 is 2.27 bits per heavy atom. The Bertz CT molecular complexity index is 566. The minimum atomic E-state index is 0.950. The van der Waals surface area contributed by atoms with Crippen LogP contribution in [0.5, 0.6) is 0 Å². The van der Waals surface area contributed by atoms with Crippen LogP contribution in [-0.4, -0.2) is 9.55 Å². The number of hydrogen-bond acceptors (Lipinski definition) is 2. The van der Waals surface area contributed by atoms with Gasteiger partial charge in [0.1, 0.15) is 0 Å². The number of fused-ring (bicyclic) bond motifs is 1. The molecule has 74 valence electrons. The van der Waals surface area contributed by atoms with Gasteiger partial charge in [0, 0.05) is 28.9 Å². The highest BCUT2D eigenvalue weighted by atomic mass is 32.1. The quantitative estimate of drug-likeness (QED) is 0.640. The summed E-state index contributed by atoms with van der Waals surface area (Å²) in [4.78, 5) is 5.49. The van der Waals surface area contributed by atoms with Gasteiger partial charge >= 0.3 is 0 Å². The second-order valence-corrected chi connectivity index (χ2v) is 4.49. The lowest BCUT2D eigenvalue weighted by Gasteiger charge is -2.02. The second kappa shape index (κ2) is 3.51. The van der Waals surface area contributed by atoms with Gasteiger partial charge in [-0.25, -0.2) is 0 Å². The molecule has 0 saturated carbocycles. The molecule has 0 radical (unpaired) electrons. The van der Waals surface area contributed by atoms with Crippen LogP contribution in [0, 0.1) is 0 Å². The monoisotopic (exact) mass is 214 g/mol. The standard InChI is InChI=1S/C12H10N2S/c1-2-11(15-7-1)9-14-6-4-10-8-13-5-3-12(10)14/h1-8H,9H2. The van der Waals surface area contributed by atoms with Gasteiger partial charge in [0.05, 0.1) is 12.1 Å². The lowest BCUT2D eigenvalue weighted by atomic mass is 10.3. The molecular formula is C12H10N2S. The molecule has 15 heavy (non-hydrogen) atoms. The first-order valence-electron chi connectivity index (χ1n) is 4.85.